The molecule has 0 saturated carbocycles. The number of carbonyl (C=O) groups excluding carboxylic acids is 1. The van der Waals surface area contributed by atoms with E-state index in [4.69, 9.17) is 0 Å². The van der Waals surface area contributed by atoms with Crippen LogP contribution in [-0.4, -0.2) is 25.0 Å². The van der Waals surface area contributed by atoms with Crippen molar-refractivity contribution in [3.05, 3.63) is 70.8 Å². The summed E-state index contributed by atoms with van der Waals surface area (Å²) in [5.74, 6) is -2.40. The lowest BCUT2D eigenvalue weighted by molar-refractivity contribution is -0.137. The normalized spacial score (nSPS) is 19.3. The predicted octanol–water partition coefficient (Wildman–Crippen LogP) is 4.21. The number of alkyl halides is 3. The highest BCUT2D eigenvalue weighted by Gasteiger charge is 2.30. The van der Waals surface area contributed by atoms with E-state index in [1.165, 1.54) is 18.2 Å². The second-order valence-electron chi connectivity index (χ2n) is 6.82. The van der Waals surface area contributed by atoms with Crippen molar-refractivity contribution < 1.29 is 26.7 Å². The summed E-state index contributed by atoms with van der Waals surface area (Å²) >= 11 is 0. The van der Waals surface area contributed by atoms with E-state index >= 15 is 0 Å². The third-order valence-corrected chi connectivity index (χ3v) is 4.85. The lowest BCUT2D eigenvalue weighted by Crippen LogP contribution is -2.50. The molecule has 29 heavy (non-hydrogen) atoms. The smallest absolute Gasteiger partial charge is 0.351 e. The van der Waals surface area contributed by atoms with Crippen LogP contribution in [0.15, 0.2) is 42.5 Å². The quantitative estimate of drug-likeness (QED) is 0.708. The Hall–Kier alpha value is -2.19. The van der Waals surface area contributed by atoms with Crippen LogP contribution in [0.25, 0.3) is 0 Å². The Kier molecular flexibility index (Phi) is 7.60. The Morgan fingerprint density at radius 2 is 1.76 bits per heavy atom. The van der Waals surface area contributed by atoms with Crippen LogP contribution in [0.2, 0.25) is 0 Å². The number of hydrogen-bond donors (Lipinski definition) is 2. The van der Waals surface area contributed by atoms with Gasteiger partial charge < -0.3 is 10.6 Å². The van der Waals surface area contributed by atoms with Gasteiger partial charge in [-0.05, 0) is 48.4 Å². The molecule has 1 amide bonds. The molecule has 2 aromatic carbocycles. The van der Waals surface area contributed by atoms with Crippen LogP contribution in [0, 0.1) is 11.6 Å². The molecule has 2 N–H and O–H groups in total. The van der Waals surface area contributed by atoms with Crippen molar-refractivity contribution in [3.63, 3.8) is 0 Å². The second kappa shape index (κ2) is 9.54. The summed E-state index contributed by atoms with van der Waals surface area (Å²) in [5.41, 5.74) is 0.283. The van der Waals surface area contributed by atoms with Gasteiger partial charge in [0.15, 0.2) is 11.6 Å². The van der Waals surface area contributed by atoms with Gasteiger partial charge >= 0.3 is 6.18 Å². The van der Waals surface area contributed by atoms with E-state index in [0.29, 0.717) is 30.6 Å². The monoisotopic (exact) mass is 434 g/mol. The minimum Gasteiger partial charge on any atom is -0.351 e. The number of rotatable bonds is 4. The Balaban J connectivity index is 0.00000300. The van der Waals surface area contributed by atoms with Gasteiger partial charge in [0.05, 0.1) is 12.0 Å². The van der Waals surface area contributed by atoms with Gasteiger partial charge in [-0.1, -0.05) is 18.2 Å². The van der Waals surface area contributed by atoms with Crippen molar-refractivity contribution in [3.8, 4) is 0 Å². The molecule has 1 aliphatic rings. The van der Waals surface area contributed by atoms with Crippen molar-refractivity contribution in [1.29, 1.82) is 0 Å². The third-order valence-electron chi connectivity index (χ3n) is 4.85. The standard InChI is InChI=1S/C20H19F5N2O.ClH/c21-16-6-3-13(10-17(16)22)15-7-8-26-11-18(15)27-19(28)9-12-1-4-14(5-2-12)20(23,24)25;/h1-6,10,15,18,26H,7-9,11H2,(H,27,28);1H. The van der Waals surface area contributed by atoms with E-state index in [1.54, 1.807) is 0 Å². The first kappa shape index (κ1) is 23.1. The zero-order valence-electron chi connectivity index (χ0n) is 15.2. The molecular formula is C20H20ClF5N2O. The number of nitrogens with one attached hydrogen (secondary N) is 2. The van der Waals surface area contributed by atoms with Gasteiger partial charge in [-0.15, -0.1) is 12.4 Å². The average molecular weight is 435 g/mol. The maximum atomic E-state index is 13.6. The SMILES string of the molecule is Cl.O=C(Cc1ccc(C(F)(F)F)cc1)NC1CNCCC1c1ccc(F)c(F)c1. The Bertz CT molecular complexity index is 842. The molecule has 0 aliphatic carbocycles. The van der Waals surface area contributed by atoms with Gasteiger partial charge in [-0.2, -0.15) is 13.2 Å². The fourth-order valence-electron chi connectivity index (χ4n) is 3.41. The number of hydrogen-bond acceptors (Lipinski definition) is 2. The van der Waals surface area contributed by atoms with E-state index in [1.807, 2.05) is 0 Å². The summed E-state index contributed by atoms with van der Waals surface area (Å²) in [6.45, 7) is 1.14. The summed E-state index contributed by atoms with van der Waals surface area (Å²) in [4.78, 5) is 12.4. The summed E-state index contributed by atoms with van der Waals surface area (Å²) in [5, 5.41) is 6.00. The third kappa shape index (κ3) is 5.90. The summed E-state index contributed by atoms with van der Waals surface area (Å²) in [7, 11) is 0. The highest BCUT2D eigenvalue weighted by Crippen LogP contribution is 2.29. The van der Waals surface area contributed by atoms with Crippen molar-refractivity contribution in [2.45, 2.75) is 31.0 Å². The van der Waals surface area contributed by atoms with Gasteiger partial charge in [-0.3, -0.25) is 4.79 Å². The minimum atomic E-state index is -4.42. The molecule has 9 heteroatoms. The molecule has 0 spiro atoms. The largest absolute Gasteiger partial charge is 0.416 e. The maximum Gasteiger partial charge on any atom is 0.416 e. The van der Waals surface area contributed by atoms with Gasteiger partial charge in [0, 0.05) is 18.5 Å². The first-order valence-corrected chi connectivity index (χ1v) is 8.85. The molecule has 1 heterocycles. The van der Waals surface area contributed by atoms with Crippen LogP contribution in [0.4, 0.5) is 22.0 Å². The number of amides is 1. The first-order chi connectivity index (χ1) is 13.2. The zero-order valence-corrected chi connectivity index (χ0v) is 16.0. The van der Waals surface area contributed by atoms with Gasteiger partial charge in [0.25, 0.3) is 0 Å². The fourth-order valence-corrected chi connectivity index (χ4v) is 3.41. The first-order valence-electron chi connectivity index (χ1n) is 8.85. The molecule has 0 aromatic heterocycles. The fraction of sp³-hybridized carbons (Fsp3) is 0.350. The molecular weight excluding hydrogens is 415 g/mol. The van der Waals surface area contributed by atoms with E-state index in [0.717, 1.165) is 24.3 Å². The van der Waals surface area contributed by atoms with Crippen molar-refractivity contribution >= 4 is 18.3 Å². The Labute approximate surface area is 171 Å². The molecule has 2 aromatic rings. The van der Waals surface area contributed by atoms with E-state index in [-0.39, 0.29) is 36.7 Å². The number of carbonyl (C=O) groups is 1. The van der Waals surface area contributed by atoms with Crippen molar-refractivity contribution in [2.24, 2.45) is 0 Å². The van der Waals surface area contributed by atoms with Gasteiger partial charge in [0.2, 0.25) is 5.91 Å². The Morgan fingerprint density at radius 3 is 2.38 bits per heavy atom. The van der Waals surface area contributed by atoms with Crippen LogP contribution < -0.4 is 10.6 Å². The predicted molar refractivity (Wildman–Crippen MR) is 101 cm³/mol. The van der Waals surface area contributed by atoms with Crippen molar-refractivity contribution in [2.75, 3.05) is 13.1 Å². The number of piperidine rings is 1. The van der Waals surface area contributed by atoms with Crippen LogP contribution in [-0.2, 0) is 17.4 Å². The summed E-state index contributed by atoms with van der Waals surface area (Å²) in [6.07, 6.45) is -3.86. The Morgan fingerprint density at radius 1 is 1.07 bits per heavy atom. The minimum absolute atomic E-state index is 0. The van der Waals surface area contributed by atoms with E-state index in [9.17, 15) is 26.7 Å². The van der Waals surface area contributed by atoms with Gasteiger partial charge in [-0.25, -0.2) is 8.78 Å². The molecule has 1 aliphatic heterocycles. The maximum absolute atomic E-state index is 13.6. The topological polar surface area (TPSA) is 41.1 Å². The molecule has 2 unspecified atom stereocenters. The second-order valence-corrected chi connectivity index (χ2v) is 6.82. The van der Waals surface area contributed by atoms with Crippen LogP contribution in [0.1, 0.15) is 29.0 Å². The summed E-state index contributed by atoms with van der Waals surface area (Å²) in [6, 6.07) is 7.80. The van der Waals surface area contributed by atoms with Crippen LogP contribution >= 0.6 is 12.4 Å². The molecule has 2 atom stereocenters. The average Bonchev–Trinajstić information content (AvgIpc) is 2.64. The molecule has 1 fully saturated rings. The molecule has 1 saturated heterocycles. The van der Waals surface area contributed by atoms with Crippen LogP contribution in [0.5, 0.6) is 0 Å². The highest BCUT2D eigenvalue weighted by atomic mass is 35.5. The van der Waals surface area contributed by atoms with Crippen molar-refractivity contribution in [1.82, 2.24) is 10.6 Å². The zero-order chi connectivity index (χ0) is 20.3. The molecule has 158 valence electrons. The number of benzene rings is 2. The van der Waals surface area contributed by atoms with Gasteiger partial charge in [0.1, 0.15) is 0 Å². The lowest BCUT2D eigenvalue weighted by atomic mass is 9.86. The molecule has 3 nitrogen and oxygen atoms in total. The molecule has 0 bridgehead atoms. The number of halogens is 6. The van der Waals surface area contributed by atoms with E-state index in [2.05, 4.69) is 10.6 Å². The molecule has 3 rings (SSSR count). The lowest BCUT2D eigenvalue weighted by Gasteiger charge is -2.33. The summed E-state index contributed by atoms with van der Waals surface area (Å²) < 4.78 is 64.6. The highest BCUT2D eigenvalue weighted by molar-refractivity contribution is 5.85. The van der Waals surface area contributed by atoms with Crippen LogP contribution in [0.3, 0.4) is 0 Å². The molecule has 0 radical (unpaired) electrons. The van der Waals surface area contributed by atoms with E-state index < -0.39 is 23.4 Å².